The lowest BCUT2D eigenvalue weighted by Gasteiger charge is -2.40. The number of halogens is 1. The van der Waals surface area contributed by atoms with Crippen molar-refractivity contribution in [3.63, 3.8) is 0 Å². The average molecular weight is 517 g/mol. The van der Waals surface area contributed by atoms with Gasteiger partial charge in [-0.2, -0.15) is 5.26 Å². The monoisotopic (exact) mass is 516 g/mol. The van der Waals surface area contributed by atoms with Crippen molar-refractivity contribution in [2.24, 2.45) is 0 Å². The van der Waals surface area contributed by atoms with Gasteiger partial charge in [0.2, 0.25) is 5.91 Å². The lowest BCUT2D eigenvalue weighted by atomic mass is 10.2. The molecule has 12 heteroatoms. The summed E-state index contributed by atoms with van der Waals surface area (Å²) in [5, 5.41) is 12.5. The van der Waals surface area contributed by atoms with Gasteiger partial charge in [0.15, 0.2) is 5.16 Å². The molecule has 35 heavy (non-hydrogen) atoms. The van der Waals surface area contributed by atoms with Gasteiger partial charge in [0, 0.05) is 63.8 Å². The van der Waals surface area contributed by atoms with Gasteiger partial charge in [-0.1, -0.05) is 29.4 Å². The lowest BCUT2D eigenvalue weighted by molar-refractivity contribution is -0.128. The molecule has 3 amide bonds. The second-order valence-electron chi connectivity index (χ2n) is 8.03. The molecule has 2 aromatic heterocycles. The molecule has 0 spiro atoms. The van der Waals surface area contributed by atoms with Crippen molar-refractivity contribution in [1.82, 2.24) is 30.1 Å². The van der Waals surface area contributed by atoms with Crippen LogP contribution >= 0.6 is 23.4 Å². The molecule has 1 N–H and O–H groups in total. The second kappa shape index (κ2) is 13.1. The van der Waals surface area contributed by atoms with E-state index in [0.29, 0.717) is 55.4 Å². The molecule has 1 aliphatic rings. The zero-order chi connectivity index (χ0) is 25.2. The summed E-state index contributed by atoms with van der Waals surface area (Å²) in [6, 6.07) is 7.43. The molecule has 3 heterocycles. The van der Waals surface area contributed by atoms with Crippen molar-refractivity contribution in [3.05, 3.63) is 41.3 Å². The normalized spacial score (nSPS) is 15.4. The number of nitrogens with zero attached hydrogens (tertiary/aromatic N) is 7. The summed E-state index contributed by atoms with van der Waals surface area (Å²) in [6.07, 6.45) is 3.63. The van der Waals surface area contributed by atoms with Crippen molar-refractivity contribution in [2.75, 3.05) is 43.4 Å². The van der Waals surface area contributed by atoms with Crippen molar-refractivity contribution < 1.29 is 9.59 Å². The van der Waals surface area contributed by atoms with Gasteiger partial charge in [-0.05, 0) is 25.5 Å². The third kappa shape index (κ3) is 7.70. The molecule has 0 saturated carbocycles. The number of nitrogens with one attached hydrogen (secondary N) is 1. The number of hydrogen-bond acceptors (Lipinski definition) is 8. The molecule has 1 saturated heterocycles. The number of rotatable bonds is 9. The molecule has 10 nitrogen and oxygen atoms in total. The third-order valence-electron chi connectivity index (χ3n) is 5.47. The molecule has 1 aliphatic heterocycles. The summed E-state index contributed by atoms with van der Waals surface area (Å²) in [5.41, 5.74) is 0.894. The largest absolute Gasteiger partial charge is 0.353 e. The van der Waals surface area contributed by atoms with E-state index < -0.39 is 0 Å². The van der Waals surface area contributed by atoms with E-state index >= 15 is 0 Å². The first-order chi connectivity index (χ1) is 16.9. The summed E-state index contributed by atoms with van der Waals surface area (Å²) < 4.78 is 0. The first-order valence-corrected chi connectivity index (χ1v) is 12.8. The minimum atomic E-state index is -0.122. The van der Waals surface area contributed by atoms with E-state index in [0.717, 1.165) is 5.56 Å². The Morgan fingerprint density at radius 2 is 2.20 bits per heavy atom. The minimum Gasteiger partial charge on any atom is -0.353 e. The number of hydrogen-bond donors (Lipinski definition) is 1. The van der Waals surface area contributed by atoms with Crippen LogP contribution in [-0.2, 0) is 11.3 Å². The Morgan fingerprint density at radius 3 is 2.89 bits per heavy atom. The van der Waals surface area contributed by atoms with Crippen LogP contribution in [0.1, 0.15) is 25.8 Å². The highest BCUT2D eigenvalue weighted by Crippen LogP contribution is 2.24. The van der Waals surface area contributed by atoms with Crippen LogP contribution in [0.15, 0.2) is 35.7 Å². The number of nitriles is 1. The molecule has 2 aromatic rings. The third-order valence-corrected chi connectivity index (χ3v) is 6.49. The fourth-order valence-corrected chi connectivity index (χ4v) is 4.72. The Kier molecular flexibility index (Phi) is 9.93. The Hall–Kier alpha value is -3.10. The highest BCUT2D eigenvalue weighted by atomic mass is 35.5. The van der Waals surface area contributed by atoms with Gasteiger partial charge in [0.25, 0.3) is 0 Å². The summed E-state index contributed by atoms with van der Waals surface area (Å²) in [5.74, 6) is 0.662. The number of amides is 3. The van der Waals surface area contributed by atoms with Gasteiger partial charge in [0.05, 0.1) is 18.2 Å². The quantitative estimate of drug-likeness (QED) is 0.307. The van der Waals surface area contributed by atoms with Crippen molar-refractivity contribution >= 4 is 41.1 Å². The Morgan fingerprint density at radius 1 is 1.37 bits per heavy atom. The number of piperazine rings is 1. The van der Waals surface area contributed by atoms with E-state index in [1.54, 1.807) is 23.4 Å². The molecular formula is C23H29ClN8O2S. The molecule has 3 rings (SSSR count). The number of urea groups is 1. The molecule has 186 valence electrons. The van der Waals surface area contributed by atoms with Gasteiger partial charge in [-0.3, -0.25) is 9.78 Å². The highest BCUT2D eigenvalue weighted by Gasteiger charge is 2.28. The fourth-order valence-electron chi connectivity index (χ4n) is 3.74. The maximum absolute atomic E-state index is 12.9. The standard InChI is InChI=1S/C23H29ClN8O2S/c1-3-27-23(34)32-11-10-30(14-17(32)2)20-12-19(24)28-22(29-20)35-16-21(33)31(9-5-7-25)15-18-6-4-8-26-13-18/h4,6,8,12-13,17H,3,5,9-11,14-16H2,1-2H3,(H,27,34). The van der Waals surface area contributed by atoms with Gasteiger partial charge < -0.3 is 20.0 Å². The first-order valence-electron chi connectivity index (χ1n) is 11.4. The van der Waals surface area contributed by atoms with Crippen LogP contribution in [0.25, 0.3) is 0 Å². The Bertz CT molecular complexity index is 1050. The van der Waals surface area contributed by atoms with E-state index in [2.05, 4.69) is 31.2 Å². The van der Waals surface area contributed by atoms with Crippen molar-refractivity contribution in [1.29, 1.82) is 5.26 Å². The predicted molar refractivity (Wildman–Crippen MR) is 135 cm³/mol. The second-order valence-corrected chi connectivity index (χ2v) is 9.36. The Labute approximate surface area is 214 Å². The van der Waals surface area contributed by atoms with Crippen molar-refractivity contribution in [2.45, 2.75) is 38.0 Å². The molecule has 0 aliphatic carbocycles. The van der Waals surface area contributed by atoms with E-state index in [9.17, 15) is 9.59 Å². The molecular weight excluding hydrogens is 488 g/mol. The van der Waals surface area contributed by atoms with E-state index in [4.69, 9.17) is 16.9 Å². The number of carbonyl (C=O) groups excluding carboxylic acids is 2. The summed E-state index contributed by atoms with van der Waals surface area (Å²) in [6.45, 7) is 6.99. The van der Waals surface area contributed by atoms with Crippen LogP contribution in [0.4, 0.5) is 10.6 Å². The van der Waals surface area contributed by atoms with Crippen molar-refractivity contribution in [3.8, 4) is 6.07 Å². The van der Waals surface area contributed by atoms with E-state index in [-0.39, 0.29) is 30.2 Å². The topological polar surface area (TPSA) is 118 Å². The number of pyridine rings is 1. The lowest BCUT2D eigenvalue weighted by Crippen LogP contribution is -2.56. The average Bonchev–Trinajstić information content (AvgIpc) is 2.85. The number of carbonyl (C=O) groups is 2. The number of aromatic nitrogens is 3. The maximum atomic E-state index is 12.9. The molecule has 1 unspecified atom stereocenters. The molecule has 0 bridgehead atoms. The van der Waals surface area contributed by atoms with Crippen LogP contribution in [0.5, 0.6) is 0 Å². The highest BCUT2D eigenvalue weighted by molar-refractivity contribution is 7.99. The molecule has 0 radical (unpaired) electrons. The fraction of sp³-hybridized carbons (Fsp3) is 0.478. The summed E-state index contributed by atoms with van der Waals surface area (Å²) >= 11 is 7.48. The van der Waals surface area contributed by atoms with E-state index in [1.165, 1.54) is 11.8 Å². The van der Waals surface area contributed by atoms with Crippen LogP contribution < -0.4 is 10.2 Å². The smallest absolute Gasteiger partial charge is 0.317 e. The zero-order valence-corrected chi connectivity index (χ0v) is 21.4. The van der Waals surface area contributed by atoms with Crippen LogP contribution in [0, 0.1) is 11.3 Å². The molecule has 1 fully saturated rings. The minimum absolute atomic E-state index is 0.00268. The zero-order valence-electron chi connectivity index (χ0n) is 19.9. The number of thioether (sulfide) groups is 1. The number of anilines is 1. The SMILES string of the molecule is CCNC(=O)N1CCN(c2cc(Cl)nc(SCC(=O)N(CCC#N)Cc3cccnc3)n2)CC1C. The van der Waals surface area contributed by atoms with Crippen LogP contribution in [0.2, 0.25) is 5.15 Å². The first kappa shape index (κ1) is 26.5. The molecule has 0 aromatic carbocycles. The van der Waals surface area contributed by atoms with Gasteiger partial charge in [0.1, 0.15) is 11.0 Å². The van der Waals surface area contributed by atoms with Crippen LogP contribution in [0.3, 0.4) is 0 Å². The van der Waals surface area contributed by atoms with E-state index in [1.807, 2.05) is 30.9 Å². The Balaban J connectivity index is 1.63. The van der Waals surface area contributed by atoms with Gasteiger partial charge in [-0.25, -0.2) is 14.8 Å². The van der Waals surface area contributed by atoms with Gasteiger partial charge in [-0.15, -0.1) is 0 Å². The predicted octanol–water partition coefficient (Wildman–Crippen LogP) is 2.80. The summed E-state index contributed by atoms with van der Waals surface area (Å²) in [4.78, 5) is 43.7. The van der Waals surface area contributed by atoms with Crippen LogP contribution in [-0.4, -0.2) is 81.2 Å². The maximum Gasteiger partial charge on any atom is 0.317 e. The van der Waals surface area contributed by atoms with Gasteiger partial charge >= 0.3 is 6.03 Å². The molecule has 1 atom stereocenters. The summed E-state index contributed by atoms with van der Waals surface area (Å²) in [7, 11) is 0.